The van der Waals surface area contributed by atoms with E-state index in [4.69, 9.17) is 4.74 Å². The van der Waals surface area contributed by atoms with Gasteiger partial charge in [0.05, 0.1) is 7.11 Å². The molecule has 2 heterocycles. The number of rotatable bonds is 5. The number of carbonyl (C=O) groups is 1. The summed E-state index contributed by atoms with van der Waals surface area (Å²) in [5.41, 5.74) is 2.88. The van der Waals surface area contributed by atoms with Crippen LogP contribution in [0.5, 0.6) is 5.75 Å². The fourth-order valence-corrected chi connectivity index (χ4v) is 3.19. The van der Waals surface area contributed by atoms with Crippen LogP contribution in [-0.2, 0) is 4.79 Å². The smallest absolute Gasteiger partial charge is 0.250 e. The molecule has 2 aromatic carbocycles. The summed E-state index contributed by atoms with van der Waals surface area (Å²) in [6.07, 6.45) is 5.20. The van der Waals surface area contributed by atoms with Gasteiger partial charge in [-0.25, -0.2) is 4.68 Å². The Morgan fingerprint density at radius 2 is 1.90 bits per heavy atom. The Bertz CT molecular complexity index is 1090. The molecule has 0 saturated heterocycles. The number of amides is 1. The highest BCUT2D eigenvalue weighted by atomic mass is 35.5. The SMILES string of the molecule is COc1ccccc1/C=C/C(=O)Nc1nc2n(n1)C(c1ccccc1)C=C(C)N2.Cl. The van der Waals surface area contributed by atoms with Crippen LogP contribution in [0.3, 0.4) is 0 Å². The molecule has 8 heteroatoms. The van der Waals surface area contributed by atoms with E-state index in [2.05, 4.69) is 26.8 Å². The normalized spacial score (nSPS) is 14.9. The summed E-state index contributed by atoms with van der Waals surface area (Å²) < 4.78 is 7.06. The Labute approximate surface area is 180 Å². The number of para-hydroxylation sites is 1. The molecule has 3 aromatic rings. The van der Waals surface area contributed by atoms with Crippen molar-refractivity contribution in [1.82, 2.24) is 14.8 Å². The quantitative estimate of drug-likeness (QED) is 0.598. The van der Waals surface area contributed by atoms with Gasteiger partial charge in [0.1, 0.15) is 11.8 Å². The monoisotopic (exact) mass is 423 g/mol. The Morgan fingerprint density at radius 3 is 2.67 bits per heavy atom. The van der Waals surface area contributed by atoms with Gasteiger partial charge < -0.3 is 10.1 Å². The second-order valence-corrected chi connectivity index (χ2v) is 6.60. The number of allylic oxidation sites excluding steroid dienone is 2. The van der Waals surface area contributed by atoms with E-state index in [0.29, 0.717) is 11.7 Å². The summed E-state index contributed by atoms with van der Waals surface area (Å²) in [5, 5.41) is 10.4. The van der Waals surface area contributed by atoms with Crippen molar-refractivity contribution in [2.45, 2.75) is 13.0 Å². The molecular weight excluding hydrogens is 402 g/mol. The molecule has 7 nitrogen and oxygen atoms in total. The van der Waals surface area contributed by atoms with Crippen LogP contribution in [0.2, 0.25) is 0 Å². The molecule has 1 aromatic heterocycles. The number of methoxy groups -OCH3 is 1. The number of nitrogens with one attached hydrogen (secondary N) is 2. The van der Waals surface area contributed by atoms with E-state index >= 15 is 0 Å². The molecule has 0 bridgehead atoms. The Kier molecular flexibility index (Phi) is 6.54. The van der Waals surface area contributed by atoms with Crippen LogP contribution >= 0.6 is 12.4 Å². The minimum absolute atomic E-state index is 0. The van der Waals surface area contributed by atoms with E-state index < -0.39 is 0 Å². The Morgan fingerprint density at radius 1 is 1.17 bits per heavy atom. The van der Waals surface area contributed by atoms with Crippen LogP contribution in [0.25, 0.3) is 6.08 Å². The van der Waals surface area contributed by atoms with Gasteiger partial charge in [-0.05, 0) is 30.7 Å². The van der Waals surface area contributed by atoms with Gasteiger partial charge in [-0.2, -0.15) is 4.98 Å². The van der Waals surface area contributed by atoms with Gasteiger partial charge >= 0.3 is 0 Å². The second-order valence-electron chi connectivity index (χ2n) is 6.60. The molecule has 2 N–H and O–H groups in total. The van der Waals surface area contributed by atoms with Crippen molar-refractivity contribution in [3.63, 3.8) is 0 Å². The van der Waals surface area contributed by atoms with Gasteiger partial charge in [0.2, 0.25) is 5.95 Å². The maximum Gasteiger partial charge on any atom is 0.250 e. The number of benzene rings is 2. The molecule has 0 aliphatic carbocycles. The highest BCUT2D eigenvalue weighted by molar-refractivity contribution is 6.01. The van der Waals surface area contributed by atoms with Crippen molar-refractivity contribution in [2.24, 2.45) is 0 Å². The number of carbonyl (C=O) groups excluding carboxylic acids is 1. The maximum atomic E-state index is 12.4. The summed E-state index contributed by atoms with van der Waals surface area (Å²) in [7, 11) is 1.60. The topological polar surface area (TPSA) is 81.1 Å². The fraction of sp³-hybridized carbons (Fsp3) is 0.136. The zero-order valence-electron chi connectivity index (χ0n) is 16.6. The number of fused-ring (bicyclic) bond motifs is 1. The van der Waals surface area contributed by atoms with Crippen molar-refractivity contribution in [1.29, 1.82) is 0 Å². The Hall–Kier alpha value is -3.58. The van der Waals surface area contributed by atoms with Crippen LogP contribution in [0, 0.1) is 0 Å². The summed E-state index contributed by atoms with van der Waals surface area (Å²) in [5.74, 6) is 1.21. The van der Waals surface area contributed by atoms with Crippen LogP contribution in [0.4, 0.5) is 11.9 Å². The van der Waals surface area contributed by atoms with E-state index in [1.54, 1.807) is 17.9 Å². The van der Waals surface area contributed by atoms with E-state index in [9.17, 15) is 4.79 Å². The zero-order chi connectivity index (χ0) is 20.2. The molecule has 1 aliphatic heterocycles. The molecule has 154 valence electrons. The lowest BCUT2D eigenvalue weighted by atomic mass is 10.1. The summed E-state index contributed by atoms with van der Waals surface area (Å²) in [6, 6.07) is 17.4. The van der Waals surface area contributed by atoms with Gasteiger partial charge in [-0.15, -0.1) is 17.5 Å². The first-order valence-electron chi connectivity index (χ1n) is 9.23. The predicted octanol–water partition coefficient (Wildman–Crippen LogP) is 4.28. The highest BCUT2D eigenvalue weighted by Crippen LogP contribution is 2.29. The minimum Gasteiger partial charge on any atom is -0.496 e. The molecule has 0 fully saturated rings. The fourth-order valence-electron chi connectivity index (χ4n) is 3.19. The van der Waals surface area contributed by atoms with Crippen molar-refractivity contribution in [3.05, 3.63) is 83.6 Å². The molecule has 1 unspecified atom stereocenters. The van der Waals surface area contributed by atoms with Gasteiger partial charge in [0.25, 0.3) is 11.9 Å². The largest absolute Gasteiger partial charge is 0.496 e. The van der Waals surface area contributed by atoms with Crippen LogP contribution in [0.1, 0.15) is 24.1 Å². The average Bonchev–Trinajstić information content (AvgIpc) is 3.14. The van der Waals surface area contributed by atoms with Gasteiger partial charge in [-0.3, -0.25) is 10.1 Å². The van der Waals surface area contributed by atoms with Crippen LogP contribution in [0.15, 0.2) is 72.4 Å². The van der Waals surface area contributed by atoms with Crippen molar-refractivity contribution in [3.8, 4) is 5.75 Å². The summed E-state index contributed by atoms with van der Waals surface area (Å²) >= 11 is 0. The first-order chi connectivity index (χ1) is 14.1. The standard InChI is InChI=1S/C22H21N5O2.ClH/c1-15-14-18(16-8-4-3-5-9-16)27-22(23-15)25-21(26-27)24-20(28)13-12-17-10-6-7-11-19(17)29-2;/h3-14,18H,1-2H3,(H2,23,24,25,26,28);1H/b13-12+;. The number of anilines is 2. The molecular formula is C22H22ClN5O2. The van der Waals surface area contributed by atoms with E-state index in [0.717, 1.165) is 16.8 Å². The van der Waals surface area contributed by atoms with Gasteiger partial charge in [0.15, 0.2) is 0 Å². The van der Waals surface area contributed by atoms with Gasteiger partial charge in [0, 0.05) is 17.3 Å². The number of hydrogen-bond acceptors (Lipinski definition) is 5. The lowest BCUT2D eigenvalue weighted by Gasteiger charge is -2.22. The van der Waals surface area contributed by atoms with Crippen molar-refractivity contribution >= 4 is 36.3 Å². The molecule has 30 heavy (non-hydrogen) atoms. The first-order valence-corrected chi connectivity index (χ1v) is 9.23. The second kappa shape index (κ2) is 9.28. The van der Waals surface area contributed by atoms with E-state index in [1.165, 1.54) is 6.08 Å². The molecule has 4 rings (SSSR count). The van der Waals surface area contributed by atoms with E-state index in [1.807, 2.05) is 61.5 Å². The molecule has 0 radical (unpaired) electrons. The maximum absolute atomic E-state index is 12.4. The molecule has 1 amide bonds. The lowest BCUT2D eigenvalue weighted by Crippen LogP contribution is -2.19. The van der Waals surface area contributed by atoms with Crippen LogP contribution in [-0.4, -0.2) is 27.8 Å². The van der Waals surface area contributed by atoms with E-state index in [-0.39, 0.29) is 30.3 Å². The molecule has 1 aliphatic rings. The lowest BCUT2D eigenvalue weighted by molar-refractivity contribution is -0.111. The minimum atomic E-state index is -0.320. The third-order valence-electron chi connectivity index (χ3n) is 4.54. The molecule has 1 atom stereocenters. The Balaban J connectivity index is 0.00000256. The highest BCUT2D eigenvalue weighted by Gasteiger charge is 2.23. The summed E-state index contributed by atoms with van der Waals surface area (Å²) in [4.78, 5) is 16.8. The molecule has 0 spiro atoms. The number of halogens is 1. The van der Waals surface area contributed by atoms with Gasteiger partial charge in [-0.1, -0.05) is 48.5 Å². The number of nitrogens with zero attached hydrogens (tertiary/aromatic N) is 3. The first kappa shape index (κ1) is 21.1. The van der Waals surface area contributed by atoms with Crippen molar-refractivity contribution in [2.75, 3.05) is 17.7 Å². The summed E-state index contributed by atoms with van der Waals surface area (Å²) in [6.45, 7) is 1.97. The van der Waals surface area contributed by atoms with Crippen molar-refractivity contribution < 1.29 is 9.53 Å². The third kappa shape index (κ3) is 4.52. The van der Waals surface area contributed by atoms with Crippen LogP contribution < -0.4 is 15.4 Å². The third-order valence-corrected chi connectivity index (χ3v) is 4.54. The number of ether oxygens (including phenoxy) is 1. The zero-order valence-corrected chi connectivity index (χ0v) is 17.4. The molecule has 0 saturated carbocycles. The number of aromatic nitrogens is 3. The predicted molar refractivity (Wildman–Crippen MR) is 120 cm³/mol. The number of hydrogen-bond donors (Lipinski definition) is 2. The average molecular weight is 424 g/mol.